The molecule has 1 aromatic heterocycles. The number of aromatic nitrogens is 2. The highest BCUT2D eigenvalue weighted by Gasteiger charge is 2.16. The predicted octanol–water partition coefficient (Wildman–Crippen LogP) is -0.641. The molecule has 2 N–H and O–H groups in total. The largest absolute Gasteiger partial charge is 0.375 e. The molecule has 0 aliphatic carbocycles. The van der Waals surface area contributed by atoms with E-state index >= 15 is 0 Å². The lowest BCUT2D eigenvalue weighted by Crippen LogP contribution is -2.45. The summed E-state index contributed by atoms with van der Waals surface area (Å²) in [6.07, 6.45) is 1.58. The molecule has 0 aromatic carbocycles. The van der Waals surface area contributed by atoms with Crippen LogP contribution >= 0.6 is 0 Å². The summed E-state index contributed by atoms with van der Waals surface area (Å²) in [7, 11) is 2.11. The summed E-state index contributed by atoms with van der Waals surface area (Å²) in [6, 6.07) is 1.65. The molecule has 1 unspecified atom stereocenters. The average molecular weight is 295 g/mol. The number of anilines is 1. The molecular weight excluding hydrogens is 270 g/mol. The highest BCUT2D eigenvalue weighted by molar-refractivity contribution is 5.43. The molecule has 1 aromatic rings. The van der Waals surface area contributed by atoms with E-state index in [2.05, 4.69) is 21.9 Å². The van der Waals surface area contributed by atoms with Crippen LogP contribution in [0.4, 0.5) is 5.69 Å². The third kappa shape index (κ3) is 4.26. The summed E-state index contributed by atoms with van der Waals surface area (Å²) in [5, 5.41) is 4.26. The molecule has 1 saturated heterocycles. The molecule has 0 saturated carbocycles. The molecule has 0 spiro atoms. The van der Waals surface area contributed by atoms with E-state index in [1.807, 2.05) is 6.92 Å². The van der Waals surface area contributed by atoms with Gasteiger partial charge in [-0.25, -0.2) is 4.68 Å². The number of ether oxygens (including phenoxy) is 1. The van der Waals surface area contributed by atoms with Crippen molar-refractivity contribution in [2.75, 3.05) is 51.3 Å². The second-order valence-corrected chi connectivity index (χ2v) is 5.34. The molecule has 0 bridgehead atoms. The van der Waals surface area contributed by atoms with Crippen LogP contribution in [0, 0.1) is 0 Å². The number of likely N-dealkylation sites (N-methyl/N-ethyl adjacent to an activating group) is 1. The molecule has 0 radical (unpaired) electrons. The average Bonchev–Trinajstić information content (AvgIpc) is 2.49. The van der Waals surface area contributed by atoms with Crippen LogP contribution in [-0.4, -0.2) is 67.2 Å². The van der Waals surface area contributed by atoms with Crippen molar-refractivity contribution in [3.8, 4) is 0 Å². The summed E-state index contributed by atoms with van der Waals surface area (Å²) in [6.45, 7) is 7.11. The van der Waals surface area contributed by atoms with Gasteiger partial charge in [0.25, 0.3) is 5.56 Å². The lowest BCUT2D eigenvalue weighted by molar-refractivity contribution is 0.0531. The van der Waals surface area contributed by atoms with Gasteiger partial charge in [0.1, 0.15) is 0 Å². The Hall–Kier alpha value is -1.44. The Morgan fingerprint density at radius 2 is 2.10 bits per heavy atom. The number of rotatable bonds is 6. The molecule has 7 nitrogen and oxygen atoms in total. The first-order chi connectivity index (χ1) is 10.1. The fraction of sp³-hybridized carbons (Fsp3) is 0.714. The van der Waals surface area contributed by atoms with E-state index in [9.17, 15) is 4.79 Å². The van der Waals surface area contributed by atoms with Gasteiger partial charge in [-0.2, -0.15) is 5.10 Å². The van der Waals surface area contributed by atoms with Crippen LogP contribution in [-0.2, 0) is 11.3 Å². The SMILES string of the molecule is CCOC(CN)Cn1ncc(N2CCN(C)CC2)cc1=O. The Bertz CT molecular complexity index is 496. The maximum Gasteiger partial charge on any atom is 0.268 e. The van der Waals surface area contributed by atoms with Gasteiger partial charge in [0.2, 0.25) is 0 Å². The van der Waals surface area contributed by atoms with Crippen LogP contribution in [0.1, 0.15) is 6.92 Å². The van der Waals surface area contributed by atoms with Crippen molar-refractivity contribution in [2.24, 2.45) is 5.73 Å². The van der Waals surface area contributed by atoms with Crippen LogP contribution in [0.5, 0.6) is 0 Å². The van der Waals surface area contributed by atoms with Crippen LogP contribution in [0.25, 0.3) is 0 Å². The maximum atomic E-state index is 12.2. The Morgan fingerprint density at radius 1 is 1.38 bits per heavy atom. The Labute approximate surface area is 125 Å². The normalized spacial score (nSPS) is 18.0. The summed E-state index contributed by atoms with van der Waals surface area (Å²) in [4.78, 5) is 16.6. The number of nitrogens with two attached hydrogens (primary N) is 1. The standard InChI is InChI=1S/C14H25N5O2/c1-3-21-13(9-15)11-19-14(20)8-12(10-16-19)18-6-4-17(2)5-7-18/h8,10,13H,3-7,9,11,15H2,1-2H3. The molecule has 2 heterocycles. The lowest BCUT2D eigenvalue weighted by atomic mass is 10.3. The van der Waals surface area contributed by atoms with Gasteiger partial charge >= 0.3 is 0 Å². The van der Waals surface area contributed by atoms with Gasteiger partial charge in [-0.3, -0.25) is 4.79 Å². The molecular formula is C14H25N5O2. The molecule has 0 amide bonds. The lowest BCUT2D eigenvalue weighted by Gasteiger charge is -2.33. The van der Waals surface area contributed by atoms with E-state index in [-0.39, 0.29) is 11.7 Å². The van der Waals surface area contributed by atoms with E-state index in [4.69, 9.17) is 10.5 Å². The highest BCUT2D eigenvalue weighted by Crippen LogP contribution is 2.12. The van der Waals surface area contributed by atoms with Crippen LogP contribution < -0.4 is 16.2 Å². The van der Waals surface area contributed by atoms with Gasteiger partial charge in [0, 0.05) is 45.4 Å². The summed E-state index contributed by atoms with van der Waals surface area (Å²) in [5.74, 6) is 0. The molecule has 1 aliphatic rings. The first kappa shape index (κ1) is 15.9. The third-order valence-corrected chi connectivity index (χ3v) is 3.77. The van der Waals surface area contributed by atoms with Crippen LogP contribution in [0.3, 0.4) is 0 Å². The van der Waals surface area contributed by atoms with Gasteiger partial charge in [-0.1, -0.05) is 0 Å². The minimum absolute atomic E-state index is 0.107. The number of hydrogen-bond acceptors (Lipinski definition) is 6. The molecule has 21 heavy (non-hydrogen) atoms. The van der Waals surface area contributed by atoms with Crippen molar-refractivity contribution in [3.05, 3.63) is 22.6 Å². The Morgan fingerprint density at radius 3 is 2.67 bits per heavy atom. The Balaban J connectivity index is 2.05. The molecule has 1 aliphatic heterocycles. The summed E-state index contributed by atoms with van der Waals surface area (Å²) >= 11 is 0. The van der Waals surface area contributed by atoms with Crippen LogP contribution in [0.2, 0.25) is 0 Å². The van der Waals surface area contributed by atoms with Gasteiger partial charge in [-0.05, 0) is 14.0 Å². The molecule has 7 heteroatoms. The first-order valence-corrected chi connectivity index (χ1v) is 7.46. The van der Waals surface area contributed by atoms with Gasteiger partial charge in [-0.15, -0.1) is 0 Å². The Kier molecular flexibility index (Phi) is 5.72. The van der Waals surface area contributed by atoms with Crippen molar-refractivity contribution in [3.63, 3.8) is 0 Å². The molecule has 1 atom stereocenters. The van der Waals surface area contributed by atoms with Crippen molar-refractivity contribution >= 4 is 5.69 Å². The van der Waals surface area contributed by atoms with Gasteiger partial charge < -0.3 is 20.3 Å². The fourth-order valence-corrected chi connectivity index (χ4v) is 2.42. The first-order valence-electron chi connectivity index (χ1n) is 7.46. The highest BCUT2D eigenvalue weighted by atomic mass is 16.5. The predicted molar refractivity (Wildman–Crippen MR) is 82.7 cm³/mol. The summed E-state index contributed by atoms with van der Waals surface area (Å²) < 4.78 is 6.89. The molecule has 2 rings (SSSR count). The van der Waals surface area contributed by atoms with E-state index in [0.29, 0.717) is 19.7 Å². The zero-order chi connectivity index (χ0) is 15.2. The number of piperazine rings is 1. The quantitative estimate of drug-likeness (QED) is 0.752. The summed E-state index contributed by atoms with van der Waals surface area (Å²) in [5.41, 5.74) is 6.42. The second kappa shape index (κ2) is 7.53. The zero-order valence-electron chi connectivity index (χ0n) is 12.9. The third-order valence-electron chi connectivity index (χ3n) is 3.77. The topological polar surface area (TPSA) is 76.6 Å². The van der Waals surface area contributed by atoms with Gasteiger partial charge in [0.05, 0.1) is 24.5 Å². The fourth-order valence-electron chi connectivity index (χ4n) is 2.42. The molecule has 118 valence electrons. The second-order valence-electron chi connectivity index (χ2n) is 5.34. The maximum absolute atomic E-state index is 12.2. The van der Waals surface area contributed by atoms with E-state index in [0.717, 1.165) is 31.9 Å². The van der Waals surface area contributed by atoms with Gasteiger partial charge in [0.15, 0.2) is 0 Å². The van der Waals surface area contributed by atoms with Crippen molar-refractivity contribution in [1.29, 1.82) is 0 Å². The van der Waals surface area contributed by atoms with Crippen LogP contribution in [0.15, 0.2) is 17.1 Å². The number of nitrogens with zero attached hydrogens (tertiary/aromatic N) is 4. The number of hydrogen-bond donors (Lipinski definition) is 1. The van der Waals surface area contributed by atoms with E-state index in [1.165, 1.54) is 4.68 Å². The minimum atomic E-state index is -0.172. The van der Waals surface area contributed by atoms with Crippen molar-refractivity contribution < 1.29 is 4.74 Å². The monoisotopic (exact) mass is 295 g/mol. The van der Waals surface area contributed by atoms with E-state index in [1.54, 1.807) is 12.3 Å². The van der Waals surface area contributed by atoms with Crippen molar-refractivity contribution in [1.82, 2.24) is 14.7 Å². The smallest absolute Gasteiger partial charge is 0.268 e. The van der Waals surface area contributed by atoms with E-state index < -0.39 is 0 Å². The van der Waals surface area contributed by atoms with Crippen molar-refractivity contribution in [2.45, 2.75) is 19.6 Å². The zero-order valence-corrected chi connectivity index (χ0v) is 12.9. The minimum Gasteiger partial charge on any atom is -0.375 e. The molecule has 1 fully saturated rings.